The summed E-state index contributed by atoms with van der Waals surface area (Å²) in [7, 11) is 0. The van der Waals surface area contributed by atoms with Gasteiger partial charge >= 0.3 is 0 Å². The quantitative estimate of drug-likeness (QED) is 0.765. The van der Waals surface area contributed by atoms with Crippen molar-refractivity contribution in [3.05, 3.63) is 23.8 Å². The second-order valence-electron chi connectivity index (χ2n) is 2.83. The molecular formula is C8H11F2N3. The maximum atomic E-state index is 12.8. The van der Waals surface area contributed by atoms with Crippen LogP contribution in [-0.2, 0) is 6.42 Å². The van der Waals surface area contributed by atoms with E-state index in [9.17, 15) is 8.78 Å². The summed E-state index contributed by atoms with van der Waals surface area (Å²) >= 11 is 0. The predicted octanol–water partition coefficient (Wildman–Crippen LogP) is 0.922. The minimum Gasteiger partial charge on any atom is -0.325 e. The molecule has 1 aromatic heterocycles. The van der Waals surface area contributed by atoms with Crippen molar-refractivity contribution in [1.29, 1.82) is 0 Å². The minimum absolute atomic E-state index is 0.304. The average molecular weight is 187 g/mol. The van der Waals surface area contributed by atoms with Gasteiger partial charge in [-0.2, -0.15) is 0 Å². The zero-order valence-corrected chi connectivity index (χ0v) is 7.30. The van der Waals surface area contributed by atoms with Gasteiger partial charge in [0.25, 0.3) is 5.92 Å². The van der Waals surface area contributed by atoms with Crippen LogP contribution >= 0.6 is 0 Å². The number of alkyl halides is 2. The molecule has 1 heterocycles. The number of aryl methyl sites for hydroxylation is 1. The summed E-state index contributed by atoms with van der Waals surface area (Å²) in [6.45, 7) is 0.984. The first-order chi connectivity index (χ1) is 6.05. The van der Waals surface area contributed by atoms with Crippen LogP contribution in [0.5, 0.6) is 0 Å². The van der Waals surface area contributed by atoms with Gasteiger partial charge in [0.15, 0.2) is 0 Å². The van der Waals surface area contributed by atoms with Crippen LogP contribution in [0.2, 0.25) is 0 Å². The van der Waals surface area contributed by atoms with E-state index in [1.165, 1.54) is 12.4 Å². The van der Waals surface area contributed by atoms with Gasteiger partial charge in [0.05, 0.1) is 24.4 Å². The number of nitrogens with two attached hydrogens (primary N) is 1. The molecule has 0 aliphatic heterocycles. The van der Waals surface area contributed by atoms with E-state index in [4.69, 9.17) is 5.73 Å². The third-order valence-electron chi connectivity index (χ3n) is 1.71. The Hall–Kier alpha value is -1.10. The summed E-state index contributed by atoms with van der Waals surface area (Å²) in [6.07, 6.45) is 2.43. The van der Waals surface area contributed by atoms with Gasteiger partial charge in [-0.15, -0.1) is 0 Å². The van der Waals surface area contributed by atoms with Crippen LogP contribution in [-0.4, -0.2) is 22.4 Å². The van der Waals surface area contributed by atoms with E-state index in [1.807, 2.05) is 0 Å². The smallest absolute Gasteiger partial charge is 0.265 e. The topological polar surface area (TPSA) is 51.8 Å². The molecule has 0 saturated carbocycles. The number of nitrogens with zero attached hydrogens (tertiary/aromatic N) is 2. The lowest BCUT2D eigenvalue weighted by Crippen LogP contribution is -2.30. The van der Waals surface area contributed by atoms with Gasteiger partial charge in [-0.3, -0.25) is 9.97 Å². The molecule has 13 heavy (non-hydrogen) atoms. The van der Waals surface area contributed by atoms with Gasteiger partial charge in [0, 0.05) is 12.4 Å². The normalized spacial score (nSPS) is 11.7. The lowest BCUT2D eigenvalue weighted by molar-refractivity contribution is 0.0103. The Labute approximate surface area is 75.0 Å². The monoisotopic (exact) mass is 187 g/mol. The van der Waals surface area contributed by atoms with Crippen LogP contribution in [0.25, 0.3) is 0 Å². The van der Waals surface area contributed by atoms with E-state index in [-0.39, 0.29) is 0 Å². The summed E-state index contributed by atoms with van der Waals surface area (Å²) in [5.41, 5.74) is 5.73. The zero-order valence-electron chi connectivity index (χ0n) is 7.30. The van der Waals surface area contributed by atoms with Crippen molar-refractivity contribution in [3.8, 4) is 0 Å². The van der Waals surface area contributed by atoms with Gasteiger partial charge in [-0.1, -0.05) is 0 Å². The first-order valence-corrected chi connectivity index (χ1v) is 3.89. The Morgan fingerprint density at radius 2 is 2.00 bits per heavy atom. The second-order valence-corrected chi connectivity index (χ2v) is 2.83. The highest BCUT2D eigenvalue weighted by atomic mass is 19.3. The summed E-state index contributed by atoms with van der Waals surface area (Å²) in [5.74, 6) is -2.89. The molecule has 1 aromatic rings. The molecule has 0 saturated heterocycles. The highest BCUT2D eigenvalue weighted by Crippen LogP contribution is 2.18. The van der Waals surface area contributed by atoms with Gasteiger partial charge in [-0.25, -0.2) is 8.78 Å². The van der Waals surface area contributed by atoms with E-state index >= 15 is 0 Å². The molecule has 3 nitrogen and oxygen atoms in total. The molecule has 2 N–H and O–H groups in total. The number of halogens is 2. The van der Waals surface area contributed by atoms with E-state index in [0.29, 0.717) is 11.4 Å². The van der Waals surface area contributed by atoms with Crippen molar-refractivity contribution < 1.29 is 8.78 Å². The van der Waals surface area contributed by atoms with Crippen LogP contribution < -0.4 is 5.73 Å². The lowest BCUT2D eigenvalue weighted by atomic mass is 10.1. The van der Waals surface area contributed by atoms with Crippen LogP contribution in [0.15, 0.2) is 12.4 Å². The number of rotatable bonds is 3. The summed E-state index contributed by atoms with van der Waals surface area (Å²) in [5, 5.41) is 0. The maximum absolute atomic E-state index is 12.8. The highest BCUT2D eigenvalue weighted by Gasteiger charge is 2.28. The molecule has 1 rings (SSSR count). The molecular weight excluding hydrogens is 176 g/mol. The predicted molar refractivity (Wildman–Crippen MR) is 44.5 cm³/mol. The van der Waals surface area contributed by atoms with Crippen LogP contribution in [0, 0.1) is 6.92 Å². The Balaban J connectivity index is 2.80. The van der Waals surface area contributed by atoms with Gasteiger partial charge < -0.3 is 5.73 Å². The fraction of sp³-hybridized carbons (Fsp3) is 0.500. The Morgan fingerprint density at radius 3 is 2.54 bits per heavy atom. The largest absolute Gasteiger partial charge is 0.325 e. The SMILES string of the molecule is Cc1nccnc1CC(F)(F)CN. The summed E-state index contributed by atoms with van der Waals surface area (Å²) < 4.78 is 25.7. The van der Waals surface area contributed by atoms with E-state index < -0.39 is 18.9 Å². The molecule has 5 heteroatoms. The van der Waals surface area contributed by atoms with E-state index in [0.717, 1.165) is 0 Å². The molecule has 0 aliphatic carbocycles. The third kappa shape index (κ3) is 2.69. The molecule has 0 unspecified atom stereocenters. The molecule has 0 aromatic carbocycles. The Bertz CT molecular complexity index is 288. The van der Waals surface area contributed by atoms with Crippen molar-refractivity contribution in [2.75, 3.05) is 6.54 Å². The fourth-order valence-corrected chi connectivity index (χ4v) is 0.927. The summed E-state index contributed by atoms with van der Waals surface area (Å²) in [6, 6.07) is 0. The molecule has 0 atom stereocenters. The molecule has 0 radical (unpaired) electrons. The van der Waals surface area contributed by atoms with Crippen molar-refractivity contribution >= 4 is 0 Å². The van der Waals surface area contributed by atoms with Gasteiger partial charge in [-0.05, 0) is 6.92 Å². The van der Waals surface area contributed by atoms with Crippen LogP contribution in [0.4, 0.5) is 8.78 Å². The first kappa shape index (κ1) is 9.98. The van der Waals surface area contributed by atoms with Crippen LogP contribution in [0.3, 0.4) is 0 Å². The van der Waals surface area contributed by atoms with Crippen molar-refractivity contribution in [2.45, 2.75) is 19.3 Å². The van der Waals surface area contributed by atoms with Gasteiger partial charge in [0.2, 0.25) is 0 Å². The number of aromatic nitrogens is 2. The van der Waals surface area contributed by atoms with Crippen molar-refractivity contribution in [2.24, 2.45) is 5.73 Å². The van der Waals surface area contributed by atoms with E-state index in [2.05, 4.69) is 9.97 Å². The molecule has 72 valence electrons. The first-order valence-electron chi connectivity index (χ1n) is 3.89. The number of hydrogen-bond acceptors (Lipinski definition) is 3. The second kappa shape index (κ2) is 3.74. The summed E-state index contributed by atoms with van der Waals surface area (Å²) in [4.78, 5) is 7.67. The molecule has 0 fully saturated rings. The average Bonchev–Trinajstić information content (AvgIpc) is 2.09. The fourth-order valence-electron chi connectivity index (χ4n) is 0.927. The van der Waals surface area contributed by atoms with E-state index in [1.54, 1.807) is 6.92 Å². The number of hydrogen-bond donors (Lipinski definition) is 1. The molecule has 0 amide bonds. The van der Waals surface area contributed by atoms with Crippen molar-refractivity contribution in [1.82, 2.24) is 9.97 Å². The standard InChI is InChI=1S/C8H11F2N3/c1-6-7(13-3-2-12-6)4-8(9,10)5-11/h2-3H,4-5,11H2,1H3. The maximum Gasteiger partial charge on any atom is 0.265 e. The highest BCUT2D eigenvalue weighted by molar-refractivity contribution is 5.10. The van der Waals surface area contributed by atoms with Gasteiger partial charge in [0.1, 0.15) is 0 Å². The minimum atomic E-state index is -2.89. The zero-order chi connectivity index (χ0) is 9.90. The third-order valence-corrected chi connectivity index (χ3v) is 1.71. The Morgan fingerprint density at radius 1 is 1.38 bits per heavy atom. The molecule has 0 spiro atoms. The van der Waals surface area contributed by atoms with Crippen LogP contribution in [0.1, 0.15) is 11.4 Å². The molecule has 0 bridgehead atoms. The van der Waals surface area contributed by atoms with Crippen molar-refractivity contribution in [3.63, 3.8) is 0 Å². The Kier molecular flexibility index (Phi) is 2.87. The lowest BCUT2D eigenvalue weighted by Gasteiger charge is -2.13. The molecule has 0 aliphatic rings.